The molecule has 0 heterocycles. The summed E-state index contributed by atoms with van der Waals surface area (Å²) >= 11 is 0. The van der Waals surface area contributed by atoms with Crippen molar-refractivity contribution in [3.8, 4) is 0 Å². The zero-order valence-electron chi connectivity index (χ0n) is 7.02. The van der Waals surface area contributed by atoms with Crippen LogP contribution >= 0.6 is 0 Å². The van der Waals surface area contributed by atoms with Crippen molar-refractivity contribution in [1.29, 1.82) is 0 Å². The molecule has 0 atom stereocenters. The quantitative estimate of drug-likeness (QED) is 0.569. The van der Waals surface area contributed by atoms with Gasteiger partial charge in [0.15, 0.2) is 0 Å². The maximum absolute atomic E-state index is 10.5. The number of rotatable bonds is 2. The van der Waals surface area contributed by atoms with Crippen LogP contribution in [-0.4, -0.2) is 27.6 Å². The second kappa shape index (κ2) is 4.24. The van der Waals surface area contributed by atoms with Gasteiger partial charge >= 0.3 is 11.9 Å². The molecule has 6 heteroatoms. The lowest BCUT2D eigenvalue weighted by Gasteiger charge is -2.00. The van der Waals surface area contributed by atoms with Gasteiger partial charge in [-0.1, -0.05) is 0 Å². The second-order valence-corrected chi connectivity index (χ2v) is 2.41. The lowest BCUT2D eigenvalue weighted by atomic mass is 10.1. The standard InChI is InChI=1S/C8H7NO4.H2O/c9-6-3-4(7(10)11)1-2-5(6)8(12)13;/h1-3H,9H2,(H,10,11)(H,12,13);1H2. The van der Waals surface area contributed by atoms with Crippen LogP contribution in [0, 0.1) is 0 Å². The molecule has 0 aliphatic carbocycles. The maximum Gasteiger partial charge on any atom is 0.337 e. The van der Waals surface area contributed by atoms with Crippen molar-refractivity contribution in [3.63, 3.8) is 0 Å². The van der Waals surface area contributed by atoms with Gasteiger partial charge in [-0.05, 0) is 18.2 Å². The molecular weight excluding hydrogens is 190 g/mol. The van der Waals surface area contributed by atoms with Gasteiger partial charge in [0.1, 0.15) is 0 Å². The van der Waals surface area contributed by atoms with Crippen molar-refractivity contribution < 1.29 is 25.3 Å². The summed E-state index contributed by atoms with van der Waals surface area (Å²) < 4.78 is 0. The first kappa shape index (κ1) is 11.9. The van der Waals surface area contributed by atoms with E-state index in [0.29, 0.717) is 0 Å². The lowest BCUT2D eigenvalue weighted by molar-refractivity contribution is 0.0682. The van der Waals surface area contributed by atoms with Gasteiger partial charge in [-0.15, -0.1) is 0 Å². The van der Waals surface area contributed by atoms with Gasteiger partial charge in [-0.25, -0.2) is 9.59 Å². The molecular formula is C8H9NO5. The summed E-state index contributed by atoms with van der Waals surface area (Å²) in [7, 11) is 0. The van der Waals surface area contributed by atoms with E-state index < -0.39 is 11.9 Å². The predicted molar refractivity (Wildman–Crippen MR) is 48.4 cm³/mol. The van der Waals surface area contributed by atoms with Gasteiger partial charge in [-0.2, -0.15) is 0 Å². The largest absolute Gasteiger partial charge is 0.478 e. The summed E-state index contributed by atoms with van der Waals surface area (Å²) in [6, 6.07) is 3.48. The predicted octanol–water partition coefficient (Wildman–Crippen LogP) is -0.159. The van der Waals surface area contributed by atoms with Crippen LogP contribution in [0.15, 0.2) is 18.2 Å². The zero-order chi connectivity index (χ0) is 10.0. The first-order valence-electron chi connectivity index (χ1n) is 3.38. The van der Waals surface area contributed by atoms with Crippen molar-refractivity contribution >= 4 is 17.6 Å². The lowest BCUT2D eigenvalue weighted by Crippen LogP contribution is -2.05. The van der Waals surface area contributed by atoms with Gasteiger partial charge in [-0.3, -0.25) is 0 Å². The highest BCUT2D eigenvalue weighted by Gasteiger charge is 2.10. The van der Waals surface area contributed by atoms with Crippen LogP contribution in [0.5, 0.6) is 0 Å². The van der Waals surface area contributed by atoms with Crippen molar-refractivity contribution in [2.24, 2.45) is 0 Å². The zero-order valence-corrected chi connectivity index (χ0v) is 7.02. The minimum atomic E-state index is -1.17. The summed E-state index contributed by atoms with van der Waals surface area (Å²) in [5, 5.41) is 17.1. The van der Waals surface area contributed by atoms with E-state index in [0.717, 1.165) is 6.07 Å². The van der Waals surface area contributed by atoms with Crippen LogP contribution in [0.4, 0.5) is 5.69 Å². The average Bonchev–Trinajstić information content (AvgIpc) is 2.03. The third-order valence-corrected chi connectivity index (χ3v) is 1.53. The fourth-order valence-electron chi connectivity index (χ4n) is 0.891. The molecule has 0 aromatic heterocycles. The normalized spacial score (nSPS) is 8.86. The monoisotopic (exact) mass is 199 g/mol. The second-order valence-electron chi connectivity index (χ2n) is 2.41. The number of benzene rings is 1. The van der Waals surface area contributed by atoms with E-state index >= 15 is 0 Å². The SMILES string of the molecule is Nc1cc(C(=O)O)ccc1C(=O)O.O. The molecule has 0 saturated heterocycles. The number of hydrogen-bond acceptors (Lipinski definition) is 3. The minimum absolute atomic E-state index is 0. The number of anilines is 1. The van der Waals surface area contributed by atoms with Crippen molar-refractivity contribution in [2.45, 2.75) is 0 Å². The summed E-state index contributed by atoms with van der Waals surface area (Å²) in [4.78, 5) is 20.9. The smallest absolute Gasteiger partial charge is 0.337 e. The fourth-order valence-corrected chi connectivity index (χ4v) is 0.891. The molecule has 0 aliphatic rings. The Morgan fingerprint density at radius 2 is 1.71 bits per heavy atom. The number of carboxylic acid groups (broad SMARTS) is 2. The maximum atomic E-state index is 10.5. The molecule has 6 N–H and O–H groups in total. The Balaban J connectivity index is 0.00000169. The number of nitrogen functional groups attached to an aromatic ring is 1. The molecule has 0 fully saturated rings. The van der Waals surface area contributed by atoms with Crippen LogP contribution in [0.3, 0.4) is 0 Å². The van der Waals surface area contributed by atoms with Gasteiger partial charge in [0.25, 0.3) is 0 Å². The van der Waals surface area contributed by atoms with Gasteiger partial charge in [0.05, 0.1) is 11.1 Å². The molecule has 1 rings (SSSR count). The summed E-state index contributed by atoms with van der Waals surface area (Å²) in [6.45, 7) is 0. The van der Waals surface area contributed by atoms with E-state index in [1.165, 1.54) is 12.1 Å². The van der Waals surface area contributed by atoms with Crippen LogP contribution in [0.2, 0.25) is 0 Å². The Bertz CT molecular complexity index is 374. The first-order valence-corrected chi connectivity index (χ1v) is 3.38. The molecule has 0 amide bonds. The topological polar surface area (TPSA) is 132 Å². The van der Waals surface area contributed by atoms with E-state index in [9.17, 15) is 9.59 Å². The Morgan fingerprint density at radius 3 is 2.07 bits per heavy atom. The molecule has 1 aromatic rings. The molecule has 76 valence electrons. The molecule has 1 aromatic carbocycles. The van der Waals surface area contributed by atoms with Gasteiger partial charge in [0, 0.05) is 5.69 Å². The molecule has 14 heavy (non-hydrogen) atoms. The van der Waals surface area contributed by atoms with E-state index in [1.54, 1.807) is 0 Å². The Labute approximate surface area is 78.9 Å². The van der Waals surface area contributed by atoms with Crippen LogP contribution < -0.4 is 5.73 Å². The number of hydrogen-bond donors (Lipinski definition) is 3. The first-order chi connectivity index (χ1) is 6.02. The fraction of sp³-hybridized carbons (Fsp3) is 0. The van der Waals surface area contributed by atoms with E-state index in [4.69, 9.17) is 15.9 Å². The van der Waals surface area contributed by atoms with E-state index in [-0.39, 0.29) is 22.3 Å². The molecule has 0 radical (unpaired) electrons. The van der Waals surface area contributed by atoms with Gasteiger partial charge < -0.3 is 21.4 Å². The Kier molecular flexibility index (Phi) is 3.61. The van der Waals surface area contributed by atoms with Crippen LogP contribution in [-0.2, 0) is 0 Å². The number of aromatic carboxylic acids is 2. The van der Waals surface area contributed by atoms with Crippen molar-refractivity contribution in [1.82, 2.24) is 0 Å². The summed E-state index contributed by atoms with van der Waals surface area (Å²) in [5.74, 6) is -2.31. The number of nitrogens with two attached hydrogens (primary N) is 1. The minimum Gasteiger partial charge on any atom is -0.478 e. The van der Waals surface area contributed by atoms with E-state index in [1.807, 2.05) is 0 Å². The number of carbonyl (C=O) groups is 2. The molecule has 0 saturated carbocycles. The molecule has 0 aliphatic heterocycles. The molecule has 6 nitrogen and oxygen atoms in total. The Morgan fingerprint density at radius 1 is 1.14 bits per heavy atom. The summed E-state index contributed by atoms with van der Waals surface area (Å²) in [5.41, 5.74) is 5.15. The van der Waals surface area contributed by atoms with E-state index in [2.05, 4.69) is 0 Å². The van der Waals surface area contributed by atoms with Crippen molar-refractivity contribution in [2.75, 3.05) is 5.73 Å². The summed E-state index contributed by atoms with van der Waals surface area (Å²) in [6.07, 6.45) is 0. The highest BCUT2D eigenvalue weighted by Crippen LogP contribution is 2.13. The van der Waals surface area contributed by atoms with Gasteiger partial charge in [0.2, 0.25) is 0 Å². The number of carboxylic acids is 2. The van der Waals surface area contributed by atoms with Crippen molar-refractivity contribution in [3.05, 3.63) is 29.3 Å². The van der Waals surface area contributed by atoms with Crippen LogP contribution in [0.1, 0.15) is 20.7 Å². The third-order valence-electron chi connectivity index (χ3n) is 1.53. The molecule has 0 unspecified atom stereocenters. The average molecular weight is 199 g/mol. The van der Waals surface area contributed by atoms with Crippen LogP contribution in [0.25, 0.3) is 0 Å². The Hall–Kier alpha value is -2.08. The highest BCUT2D eigenvalue weighted by molar-refractivity contribution is 5.96. The third kappa shape index (κ3) is 2.20. The molecule has 0 spiro atoms. The highest BCUT2D eigenvalue weighted by atomic mass is 16.4. The molecule has 0 bridgehead atoms.